The van der Waals surface area contributed by atoms with Crippen molar-refractivity contribution < 1.29 is 4.74 Å². The summed E-state index contributed by atoms with van der Waals surface area (Å²) >= 11 is 0. The molecule has 1 unspecified atom stereocenters. The van der Waals surface area contributed by atoms with Crippen molar-refractivity contribution in [2.24, 2.45) is 0 Å². The Kier molecular flexibility index (Phi) is 5.03. The van der Waals surface area contributed by atoms with Gasteiger partial charge in [-0.25, -0.2) is 0 Å². The van der Waals surface area contributed by atoms with Gasteiger partial charge in [0.2, 0.25) is 0 Å². The van der Waals surface area contributed by atoms with Crippen LogP contribution in [0.15, 0.2) is 35.9 Å². The highest BCUT2D eigenvalue weighted by Crippen LogP contribution is 2.31. The molecule has 104 valence electrons. The Bertz CT molecular complexity index is 437. The first-order valence-corrected chi connectivity index (χ1v) is 7.19. The van der Waals surface area contributed by atoms with Gasteiger partial charge in [-0.15, -0.1) is 0 Å². The molecule has 1 aliphatic carbocycles. The Hall–Kier alpha value is -1.28. The predicted molar refractivity (Wildman–Crippen MR) is 80.6 cm³/mol. The zero-order valence-electron chi connectivity index (χ0n) is 12.4. The Balaban J connectivity index is 2.16. The van der Waals surface area contributed by atoms with Crippen LogP contribution in [0, 0.1) is 0 Å². The summed E-state index contributed by atoms with van der Waals surface area (Å²) in [6.45, 7) is 0. The fraction of sp³-hybridized carbons (Fsp3) is 0.529. The maximum atomic E-state index is 5.34. The first kappa shape index (κ1) is 14.1. The molecule has 19 heavy (non-hydrogen) atoms. The Morgan fingerprint density at radius 2 is 2.11 bits per heavy atom. The summed E-state index contributed by atoms with van der Waals surface area (Å²) < 4.78 is 5.34. The highest BCUT2D eigenvalue weighted by molar-refractivity contribution is 5.31. The van der Waals surface area contributed by atoms with E-state index in [0.717, 1.165) is 12.2 Å². The lowest BCUT2D eigenvalue weighted by Gasteiger charge is -2.27. The summed E-state index contributed by atoms with van der Waals surface area (Å²) in [7, 11) is 6.05. The summed E-state index contributed by atoms with van der Waals surface area (Å²) in [5.74, 6) is 0.946. The molecule has 0 radical (unpaired) electrons. The van der Waals surface area contributed by atoms with Crippen molar-refractivity contribution in [1.29, 1.82) is 0 Å². The first-order valence-electron chi connectivity index (χ1n) is 7.19. The molecule has 0 aliphatic heterocycles. The van der Waals surface area contributed by atoms with Crippen LogP contribution in [0.3, 0.4) is 0 Å². The maximum Gasteiger partial charge on any atom is 0.119 e. The highest BCUT2D eigenvalue weighted by atomic mass is 16.5. The van der Waals surface area contributed by atoms with Gasteiger partial charge in [0.1, 0.15) is 5.75 Å². The lowest BCUT2D eigenvalue weighted by Crippen LogP contribution is -2.21. The van der Waals surface area contributed by atoms with E-state index in [1.165, 1.54) is 31.2 Å². The molecule has 0 bridgehead atoms. The Morgan fingerprint density at radius 1 is 1.26 bits per heavy atom. The molecule has 1 aromatic carbocycles. The fourth-order valence-corrected chi connectivity index (χ4v) is 2.79. The Labute approximate surface area is 117 Å². The smallest absolute Gasteiger partial charge is 0.119 e. The molecule has 0 saturated heterocycles. The van der Waals surface area contributed by atoms with Gasteiger partial charge < -0.3 is 9.64 Å². The van der Waals surface area contributed by atoms with E-state index in [4.69, 9.17) is 4.74 Å². The average Bonchev–Trinajstić information content (AvgIpc) is 2.45. The van der Waals surface area contributed by atoms with Crippen LogP contribution in [0.25, 0.3) is 0 Å². The van der Waals surface area contributed by atoms with Crippen molar-refractivity contribution in [1.82, 2.24) is 4.90 Å². The largest absolute Gasteiger partial charge is 0.497 e. The van der Waals surface area contributed by atoms with Crippen LogP contribution in [-0.2, 0) is 0 Å². The van der Waals surface area contributed by atoms with Crippen LogP contribution in [0.4, 0.5) is 0 Å². The molecule has 0 fully saturated rings. The van der Waals surface area contributed by atoms with Gasteiger partial charge in [0.05, 0.1) is 7.11 Å². The predicted octanol–water partition coefficient (Wildman–Crippen LogP) is 4.19. The van der Waals surface area contributed by atoms with Gasteiger partial charge in [-0.2, -0.15) is 0 Å². The SMILES string of the molecule is COc1cccc(C(CC2=CCCCC2)N(C)C)c1. The van der Waals surface area contributed by atoms with E-state index in [2.05, 4.69) is 43.3 Å². The van der Waals surface area contributed by atoms with Crippen molar-refractivity contribution in [2.75, 3.05) is 21.2 Å². The molecular weight excluding hydrogens is 234 g/mol. The van der Waals surface area contributed by atoms with Crippen LogP contribution in [-0.4, -0.2) is 26.1 Å². The van der Waals surface area contributed by atoms with E-state index < -0.39 is 0 Å². The minimum absolute atomic E-state index is 0.444. The lowest BCUT2D eigenvalue weighted by molar-refractivity contribution is 0.293. The molecule has 0 spiro atoms. The van der Waals surface area contributed by atoms with Crippen LogP contribution in [0.2, 0.25) is 0 Å². The molecule has 2 nitrogen and oxygen atoms in total. The second kappa shape index (κ2) is 6.76. The molecule has 0 saturated carbocycles. The van der Waals surface area contributed by atoms with E-state index in [1.807, 2.05) is 6.07 Å². The maximum absolute atomic E-state index is 5.34. The average molecular weight is 259 g/mol. The molecular formula is C17H25NO. The van der Waals surface area contributed by atoms with E-state index in [0.29, 0.717) is 6.04 Å². The second-order valence-electron chi connectivity index (χ2n) is 5.57. The zero-order chi connectivity index (χ0) is 13.7. The van der Waals surface area contributed by atoms with Crippen LogP contribution in [0.5, 0.6) is 5.75 Å². The molecule has 2 rings (SSSR count). The number of allylic oxidation sites excluding steroid dienone is 1. The van der Waals surface area contributed by atoms with Crippen molar-refractivity contribution in [3.05, 3.63) is 41.5 Å². The molecule has 0 amide bonds. The number of nitrogens with zero attached hydrogens (tertiary/aromatic N) is 1. The molecule has 0 aromatic heterocycles. The number of methoxy groups -OCH3 is 1. The monoisotopic (exact) mass is 259 g/mol. The van der Waals surface area contributed by atoms with Crippen LogP contribution in [0.1, 0.15) is 43.7 Å². The lowest BCUT2D eigenvalue weighted by atomic mass is 9.91. The van der Waals surface area contributed by atoms with Crippen LogP contribution < -0.4 is 4.74 Å². The van der Waals surface area contributed by atoms with Gasteiger partial charge in [-0.05, 0) is 63.9 Å². The summed E-state index contributed by atoms with van der Waals surface area (Å²) in [5.41, 5.74) is 2.96. The number of rotatable bonds is 5. The summed E-state index contributed by atoms with van der Waals surface area (Å²) in [5, 5.41) is 0. The minimum atomic E-state index is 0.444. The van der Waals surface area contributed by atoms with E-state index in [-0.39, 0.29) is 0 Å². The first-order chi connectivity index (χ1) is 9.20. The highest BCUT2D eigenvalue weighted by Gasteiger charge is 2.17. The van der Waals surface area contributed by atoms with Gasteiger partial charge >= 0.3 is 0 Å². The van der Waals surface area contributed by atoms with Gasteiger partial charge in [-0.3, -0.25) is 0 Å². The summed E-state index contributed by atoms with van der Waals surface area (Å²) in [6.07, 6.45) is 8.82. The topological polar surface area (TPSA) is 12.5 Å². The summed E-state index contributed by atoms with van der Waals surface area (Å²) in [6, 6.07) is 8.90. The minimum Gasteiger partial charge on any atom is -0.497 e. The van der Waals surface area contributed by atoms with Gasteiger partial charge in [0.15, 0.2) is 0 Å². The van der Waals surface area contributed by atoms with Crippen molar-refractivity contribution in [2.45, 2.75) is 38.1 Å². The quantitative estimate of drug-likeness (QED) is 0.735. The second-order valence-corrected chi connectivity index (χ2v) is 5.57. The van der Waals surface area contributed by atoms with E-state index in [1.54, 1.807) is 12.7 Å². The van der Waals surface area contributed by atoms with E-state index >= 15 is 0 Å². The van der Waals surface area contributed by atoms with Crippen LogP contribution >= 0.6 is 0 Å². The number of benzene rings is 1. The molecule has 0 heterocycles. The fourth-order valence-electron chi connectivity index (χ4n) is 2.79. The van der Waals surface area contributed by atoms with Gasteiger partial charge in [0.25, 0.3) is 0 Å². The van der Waals surface area contributed by atoms with Gasteiger partial charge in [-0.1, -0.05) is 23.8 Å². The zero-order valence-corrected chi connectivity index (χ0v) is 12.4. The van der Waals surface area contributed by atoms with Gasteiger partial charge in [0, 0.05) is 6.04 Å². The number of hydrogen-bond acceptors (Lipinski definition) is 2. The molecule has 2 heteroatoms. The standard InChI is InChI=1S/C17H25NO/c1-18(2)17(12-14-8-5-4-6-9-14)15-10-7-11-16(13-15)19-3/h7-8,10-11,13,17H,4-6,9,12H2,1-3H3. The normalized spacial score (nSPS) is 17.2. The number of hydrogen-bond donors (Lipinski definition) is 0. The van der Waals surface area contributed by atoms with Crippen molar-refractivity contribution in [3.8, 4) is 5.75 Å². The van der Waals surface area contributed by atoms with Crippen molar-refractivity contribution >= 4 is 0 Å². The van der Waals surface area contributed by atoms with Crippen molar-refractivity contribution in [3.63, 3.8) is 0 Å². The van der Waals surface area contributed by atoms with E-state index in [9.17, 15) is 0 Å². The third kappa shape index (κ3) is 3.84. The molecule has 1 aromatic rings. The molecule has 1 atom stereocenters. The molecule has 0 N–H and O–H groups in total. The Morgan fingerprint density at radius 3 is 2.74 bits per heavy atom. The third-order valence-electron chi connectivity index (χ3n) is 3.94. The third-order valence-corrected chi connectivity index (χ3v) is 3.94. The molecule has 1 aliphatic rings. The number of ether oxygens (including phenoxy) is 1. The summed E-state index contributed by atoms with van der Waals surface area (Å²) in [4.78, 5) is 2.31.